The summed E-state index contributed by atoms with van der Waals surface area (Å²) in [4.78, 5) is 38.0. The van der Waals surface area contributed by atoms with E-state index in [0.717, 1.165) is 0 Å². The number of nitrogens with zero attached hydrogens (tertiary/aromatic N) is 3. The smallest absolute Gasteiger partial charge is 0.305 e. The number of ether oxygens (including phenoxy) is 1. The maximum Gasteiger partial charge on any atom is 0.305 e. The number of esters is 1. The minimum Gasteiger partial charge on any atom is -0.469 e. The molecule has 0 N–H and O–H groups in total. The van der Waals surface area contributed by atoms with Crippen molar-refractivity contribution in [2.45, 2.75) is 32.7 Å². The van der Waals surface area contributed by atoms with Gasteiger partial charge in [0, 0.05) is 25.4 Å². The first-order valence-electron chi connectivity index (χ1n) is 8.20. The van der Waals surface area contributed by atoms with Crippen LogP contribution in [0.1, 0.15) is 43.2 Å². The molecule has 0 saturated carbocycles. The van der Waals surface area contributed by atoms with Gasteiger partial charge in [0.25, 0.3) is 11.5 Å². The Balaban J connectivity index is 2.35. The van der Waals surface area contributed by atoms with E-state index in [1.807, 2.05) is 13.8 Å². The molecule has 134 valence electrons. The maximum absolute atomic E-state index is 12.8. The van der Waals surface area contributed by atoms with E-state index in [9.17, 15) is 14.4 Å². The van der Waals surface area contributed by atoms with Crippen molar-refractivity contribution < 1.29 is 14.3 Å². The lowest BCUT2D eigenvalue weighted by Crippen LogP contribution is -2.33. The van der Waals surface area contributed by atoms with Gasteiger partial charge in [-0.3, -0.25) is 14.4 Å². The van der Waals surface area contributed by atoms with Crippen molar-refractivity contribution in [3.8, 4) is 0 Å². The van der Waals surface area contributed by atoms with Gasteiger partial charge in [-0.05, 0) is 26.3 Å². The Morgan fingerprint density at radius 3 is 2.48 bits per heavy atom. The van der Waals surface area contributed by atoms with E-state index in [4.69, 9.17) is 0 Å². The van der Waals surface area contributed by atoms with E-state index >= 15 is 0 Å². The van der Waals surface area contributed by atoms with Gasteiger partial charge in [-0.25, -0.2) is 4.68 Å². The summed E-state index contributed by atoms with van der Waals surface area (Å²) in [6, 6.07) is 6.81. The molecular weight excluding hydrogens is 322 g/mol. The average molecular weight is 345 g/mol. The molecule has 2 aromatic rings. The van der Waals surface area contributed by atoms with E-state index in [-0.39, 0.29) is 35.6 Å². The third kappa shape index (κ3) is 4.04. The summed E-state index contributed by atoms with van der Waals surface area (Å²) in [6.45, 7) is 4.08. The van der Waals surface area contributed by atoms with Gasteiger partial charge in [0.15, 0.2) is 5.69 Å². The molecule has 1 aromatic heterocycles. The van der Waals surface area contributed by atoms with Crippen LogP contribution < -0.4 is 5.56 Å². The molecule has 0 aliphatic rings. The number of fused-ring (bicyclic) bond motifs is 1. The van der Waals surface area contributed by atoms with Crippen LogP contribution in [0.5, 0.6) is 0 Å². The topological polar surface area (TPSA) is 81.5 Å². The summed E-state index contributed by atoms with van der Waals surface area (Å²) < 4.78 is 5.93. The number of hydrogen-bond donors (Lipinski definition) is 0. The largest absolute Gasteiger partial charge is 0.469 e. The van der Waals surface area contributed by atoms with Gasteiger partial charge in [-0.2, -0.15) is 5.10 Å². The number of hydrogen-bond acceptors (Lipinski definition) is 5. The standard InChI is InChI=1S/C18H23N3O4/c1-12(2)21-17(23)14-9-6-5-8-13(14)16(19-21)18(24)20(3)11-7-10-15(22)25-4/h5-6,8-9,12H,7,10-11H2,1-4H3. The number of aromatic nitrogens is 2. The van der Waals surface area contributed by atoms with Crippen LogP contribution in [0, 0.1) is 0 Å². The molecule has 7 nitrogen and oxygen atoms in total. The maximum atomic E-state index is 12.8. The summed E-state index contributed by atoms with van der Waals surface area (Å²) in [5.74, 6) is -0.590. The Morgan fingerprint density at radius 2 is 1.88 bits per heavy atom. The molecule has 0 aliphatic carbocycles. The van der Waals surface area contributed by atoms with Crippen molar-refractivity contribution in [3.63, 3.8) is 0 Å². The van der Waals surface area contributed by atoms with Crippen LogP contribution in [0.4, 0.5) is 0 Å². The van der Waals surface area contributed by atoms with Crippen molar-refractivity contribution in [2.75, 3.05) is 20.7 Å². The lowest BCUT2D eigenvalue weighted by atomic mass is 10.1. The van der Waals surface area contributed by atoms with Gasteiger partial charge in [0.05, 0.1) is 18.5 Å². The molecule has 1 aromatic carbocycles. The first-order valence-corrected chi connectivity index (χ1v) is 8.20. The molecule has 0 spiro atoms. The predicted molar refractivity (Wildman–Crippen MR) is 94.6 cm³/mol. The van der Waals surface area contributed by atoms with Crippen molar-refractivity contribution >= 4 is 22.6 Å². The molecule has 0 radical (unpaired) electrons. The quantitative estimate of drug-likeness (QED) is 0.748. The normalized spacial score (nSPS) is 10.9. The van der Waals surface area contributed by atoms with Crippen LogP contribution in [0.25, 0.3) is 10.8 Å². The molecule has 0 unspecified atom stereocenters. The van der Waals surface area contributed by atoms with Crippen molar-refractivity contribution in [3.05, 3.63) is 40.3 Å². The van der Waals surface area contributed by atoms with Gasteiger partial charge in [-0.15, -0.1) is 0 Å². The van der Waals surface area contributed by atoms with Gasteiger partial charge in [0.2, 0.25) is 0 Å². The first-order chi connectivity index (χ1) is 11.9. The zero-order valence-electron chi connectivity index (χ0n) is 15.0. The van der Waals surface area contributed by atoms with E-state index < -0.39 is 0 Å². The van der Waals surface area contributed by atoms with Crippen molar-refractivity contribution in [2.24, 2.45) is 0 Å². The number of carbonyl (C=O) groups excluding carboxylic acids is 2. The van der Waals surface area contributed by atoms with Crippen molar-refractivity contribution in [1.82, 2.24) is 14.7 Å². The fourth-order valence-corrected chi connectivity index (χ4v) is 2.56. The number of carbonyl (C=O) groups is 2. The Morgan fingerprint density at radius 1 is 1.24 bits per heavy atom. The van der Waals surface area contributed by atoms with Gasteiger partial charge in [-0.1, -0.05) is 18.2 Å². The second-order valence-electron chi connectivity index (χ2n) is 6.14. The minimum absolute atomic E-state index is 0.159. The Hall–Kier alpha value is -2.70. The monoisotopic (exact) mass is 345 g/mol. The number of methoxy groups -OCH3 is 1. The predicted octanol–water partition coefficient (Wildman–Crippen LogP) is 2.00. The van der Waals surface area contributed by atoms with Crippen LogP contribution in [0.3, 0.4) is 0 Å². The van der Waals surface area contributed by atoms with Crippen LogP contribution in [-0.2, 0) is 9.53 Å². The molecule has 1 heterocycles. The Bertz CT molecular complexity index is 842. The lowest BCUT2D eigenvalue weighted by Gasteiger charge is -2.19. The molecule has 1 amide bonds. The Labute approximate surface area is 146 Å². The average Bonchev–Trinajstić information content (AvgIpc) is 2.61. The minimum atomic E-state index is -0.308. The summed E-state index contributed by atoms with van der Waals surface area (Å²) in [5.41, 5.74) is 0.0277. The third-order valence-electron chi connectivity index (χ3n) is 3.97. The summed E-state index contributed by atoms with van der Waals surface area (Å²) in [6.07, 6.45) is 0.741. The molecule has 0 atom stereocenters. The number of amides is 1. The molecule has 25 heavy (non-hydrogen) atoms. The van der Waals surface area contributed by atoms with Gasteiger partial charge in [0.1, 0.15) is 0 Å². The van der Waals surface area contributed by atoms with Crippen LogP contribution in [-0.4, -0.2) is 47.3 Å². The van der Waals surface area contributed by atoms with E-state index in [2.05, 4.69) is 9.84 Å². The molecule has 2 rings (SSSR count). The highest BCUT2D eigenvalue weighted by molar-refractivity contribution is 6.04. The summed E-state index contributed by atoms with van der Waals surface area (Å²) >= 11 is 0. The van der Waals surface area contributed by atoms with Crippen molar-refractivity contribution in [1.29, 1.82) is 0 Å². The molecule has 0 fully saturated rings. The van der Waals surface area contributed by atoms with E-state index in [1.165, 1.54) is 16.7 Å². The third-order valence-corrected chi connectivity index (χ3v) is 3.97. The molecular formula is C18H23N3O4. The summed E-state index contributed by atoms with van der Waals surface area (Å²) in [5, 5.41) is 5.31. The second-order valence-corrected chi connectivity index (χ2v) is 6.14. The highest BCUT2D eigenvalue weighted by Gasteiger charge is 2.20. The Kier molecular flexibility index (Phi) is 5.90. The number of rotatable bonds is 6. The highest BCUT2D eigenvalue weighted by Crippen LogP contribution is 2.16. The second kappa shape index (κ2) is 7.92. The highest BCUT2D eigenvalue weighted by atomic mass is 16.5. The van der Waals surface area contributed by atoms with Crippen LogP contribution in [0.15, 0.2) is 29.1 Å². The van der Waals surface area contributed by atoms with Crippen LogP contribution >= 0.6 is 0 Å². The fraction of sp³-hybridized carbons (Fsp3) is 0.444. The molecule has 7 heteroatoms. The van der Waals surface area contributed by atoms with Gasteiger partial charge >= 0.3 is 5.97 Å². The lowest BCUT2D eigenvalue weighted by molar-refractivity contribution is -0.140. The number of benzene rings is 1. The van der Waals surface area contributed by atoms with E-state index in [1.54, 1.807) is 31.3 Å². The zero-order valence-corrected chi connectivity index (χ0v) is 15.0. The van der Waals surface area contributed by atoms with Crippen LogP contribution in [0.2, 0.25) is 0 Å². The molecule has 0 bridgehead atoms. The zero-order chi connectivity index (χ0) is 18.6. The van der Waals surface area contributed by atoms with Gasteiger partial charge < -0.3 is 9.64 Å². The molecule has 0 aliphatic heterocycles. The fourth-order valence-electron chi connectivity index (χ4n) is 2.56. The summed E-state index contributed by atoms with van der Waals surface area (Å²) in [7, 11) is 2.99. The molecule has 0 saturated heterocycles. The SMILES string of the molecule is COC(=O)CCCN(C)C(=O)c1nn(C(C)C)c(=O)c2ccccc12. The first kappa shape index (κ1) is 18.6. The van der Waals surface area contributed by atoms with E-state index in [0.29, 0.717) is 23.7 Å².